The van der Waals surface area contributed by atoms with Crippen LogP contribution in [0.25, 0.3) is 0 Å². The lowest BCUT2D eigenvalue weighted by Gasteiger charge is -2.29. The molecule has 1 N–H and O–H groups in total. The van der Waals surface area contributed by atoms with Gasteiger partial charge in [-0.2, -0.15) is 0 Å². The van der Waals surface area contributed by atoms with Gasteiger partial charge < -0.3 is 19.7 Å². The predicted octanol–water partition coefficient (Wildman–Crippen LogP) is 2.23. The highest BCUT2D eigenvalue weighted by Gasteiger charge is 2.63. The number of nitrogens with zero attached hydrogens (tertiary/aromatic N) is 1. The maximum atomic E-state index is 12.6. The minimum Gasteiger partial charge on any atom is -0.494 e. The van der Waals surface area contributed by atoms with Crippen LogP contribution >= 0.6 is 0 Å². The van der Waals surface area contributed by atoms with Crippen molar-refractivity contribution in [1.29, 1.82) is 0 Å². The third-order valence-electron chi connectivity index (χ3n) is 6.34. The van der Waals surface area contributed by atoms with Crippen molar-refractivity contribution in [2.75, 3.05) is 26.2 Å². The summed E-state index contributed by atoms with van der Waals surface area (Å²) in [5.74, 6) is 1.40. The molecule has 3 aliphatic heterocycles. The number of carbonyl (C=O) groups is 2. The lowest BCUT2D eigenvalue weighted by atomic mass is 9.73. The van der Waals surface area contributed by atoms with Gasteiger partial charge in [-0.25, -0.2) is 0 Å². The maximum Gasteiger partial charge on any atom is 0.251 e. The number of fused-ring (bicyclic) bond motifs is 1. The molecular formula is C21H28N2O4. The summed E-state index contributed by atoms with van der Waals surface area (Å²) in [5, 5.41) is 3.08. The van der Waals surface area contributed by atoms with Gasteiger partial charge in [0.15, 0.2) is 0 Å². The lowest BCUT2D eigenvalue weighted by Crippen LogP contribution is -2.41. The zero-order valence-corrected chi connectivity index (χ0v) is 16.1. The van der Waals surface area contributed by atoms with Gasteiger partial charge >= 0.3 is 0 Å². The fourth-order valence-electron chi connectivity index (χ4n) is 5.08. The molecule has 0 aromatic heterocycles. The molecule has 0 unspecified atom stereocenters. The second-order valence-corrected chi connectivity index (χ2v) is 7.83. The summed E-state index contributed by atoms with van der Waals surface area (Å²) in [6, 6.07) is 7.26. The van der Waals surface area contributed by atoms with Crippen LogP contribution in [0.5, 0.6) is 5.75 Å². The molecule has 1 aromatic rings. The quantitative estimate of drug-likeness (QED) is 0.832. The molecule has 2 bridgehead atoms. The van der Waals surface area contributed by atoms with E-state index < -0.39 is 0 Å². The zero-order valence-electron chi connectivity index (χ0n) is 16.1. The second kappa shape index (κ2) is 7.15. The van der Waals surface area contributed by atoms with Crippen LogP contribution in [0.15, 0.2) is 24.3 Å². The third kappa shape index (κ3) is 3.20. The molecule has 27 heavy (non-hydrogen) atoms. The Labute approximate surface area is 160 Å². The van der Waals surface area contributed by atoms with E-state index in [1.54, 1.807) is 12.1 Å². The summed E-state index contributed by atoms with van der Waals surface area (Å²) in [6.45, 7) is 6.45. The molecule has 4 atom stereocenters. The molecule has 2 amide bonds. The number of hydrogen-bond acceptors (Lipinski definition) is 4. The van der Waals surface area contributed by atoms with Crippen molar-refractivity contribution >= 4 is 11.8 Å². The summed E-state index contributed by atoms with van der Waals surface area (Å²) < 4.78 is 11.8. The molecule has 3 saturated heterocycles. The van der Waals surface area contributed by atoms with Crippen LogP contribution in [0.1, 0.15) is 43.5 Å². The number of rotatable bonds is 6. The number of hydrogen-bond donors (Lipinski definition) is 1. The van der Waals surface area contributed by atoms with Gasteiger partial charge in [0.1, 0.15) is 5.75 Å². The second-order valence-electron chi connectivity index (χ2n) is 7.83. The van der Waals surface area contributed by atoms with Gasteiger partial charge in [0.05, 0.1) is 24.9 Å². The van der Waals surface area contributed by atoms with Crippen molar-refractivity contribution < 1.29 is 19.1 Å². The van der Waals surface area contributed by atoms with E-state index in [0.29, 0.717) is 43.3 Å². The largest absolute Gasteiger partial charge is 0.494 e. The summed E-state index contributed by atoms with van der Waals surface area (Å²) in [7, 11) is 0. The zero-order chi connectivity index (χ0) is 19.0. The molecule has 3 aliphatic rings. The van der Waals surface area contributed by atoms with E-state index in [4.69, 9.17) is 9.47 Å². The molecule has 6 nitrogen and oxygen atoms in total. The Bertz CT molecular complexity index is 737. The van der Waals surface area contributed by atoms with E-state index >= 15 is 0 Å². The van der Waals surface area contributed by atoms with E-state index in [1.165, 1.54) is 0 Å². The average Bonchev–Trinajstić information content (AvgIpc) is 3.34. The van der Waals surface area contributed by atoms with Crippen LogP contribution in [-0.2, 0) is 9.53 Å². The highest BCUT2D eigenvalue weighted by Crippen LogP contribution is 2.54. The van der Waals surface area contributed by atoms with Crippen molar-refractivity contribution in [2.45, 2.75) is 44.8 Å². The van der Waals surface area contributed by atoms with Crippen molar-refractivity contribution in [3.05, 3.63) is 29.8 Å². The van der Waals surface area contributed by atoms with Gasteiger partial charge in [-0.1, -0.05) is 13.0 Å². The number of benzene rings is 1. The van der Waals surface area contributed by atoms with E-state index in [-0.39, 0.29) is 29.4 Å². The molecule has 1 aromatic carbocycles. The van der Waals surface area contributed by atoms with Gasteiger partial charge in [0.2, 0.25) is 5.91 Å². The van der Waals surface area contributed by atoms with Crippen LogP contribution in [-0.4, -0.2) is 54.7 Å². The first kappa shape index (κ1) is 18.3. The minimum absolute atomic E-state index is 0.0899. The Hall–Kier alpha value is -2.08. The van der Waals surface area contributed by atoms with Crippen molar-refractivity contribution in [1.82, 2.24) is 10.2 Å². The molecule has 4 rings (SSSR count). The molecule has 1 spiro atoms. The number of likely N-dealkylation sites (tertiary alicyclic amines) is 1. The minimum atomic E-state index is -0.181. The first-order valence-electron chi connectivity index (χ1n) is 10.0. The predicted molar refractivity (Wildman–Crippen MR) is 101 cm³/mol. The van der Waals surface area contributed by atoms with Crippen LogP contribution < -0.4 is 10.1 Å². The van der Waals surface area contributed by atoms with E-state index in [2.05, 4.69) is 5.32 Å². The average molecular weight is 372 g/mol. The first-order chi connectivity index (χ1) is 13.1. The molecular weight excluding hydrogens is 344 g/mol. The highest BCUT2D eigenvalue weighted by atomic mass is 16.5. The molecule has 0 radical (unpaired) electrons. The van der Waals surface area contributed by atoms with E-state index in [1.807, 2.05) is 30.9 Å². The summed E-state index contributed by atoms with van der Waals surface area (Å²) in [5.41, 5.74) is 0.425. The topological polar surface area (TPSA) is 67.9 Å². The summed E-state index contributed by atoms with van der Waals surface area (Å²) in [4.78, 5) is 26.7. The molecule has 0 aliphatic carbocycles. The molecule has 3 heterocycles. The molecule has 6 heteroatoms. The Balaban J connectivity index is 1.41. The Morgan fingerprint density at radius 1 is 1.37 bits per heavy atom. The smallest absolute Gasteiger partial charge is 0.251 e. The van der Waals surface area contributed by atoms with Crippen molar-refractivity contribution in [3.8, 4) is 5.75 Å². The van der Waals surface area contributed by atoms with Gasteiger partial charge in [-0.15, -0.1) is 0 Å². The monoisotopic (exact) mass is 372 g/mol. The van der Waals surface area contributed by atoms with Crippen LogP contribution in [0.4, 0.5) is 0 Å². The van der Waals surface area contributed by atoms with Crippen LogP contribution in [0.3, 0.4) is 0 Å². The van der Waals surface area contributed by atoms with Gasteiger partial charge in [-0.05, 0) is 38.0 Å². The number of amides is 2. The molecule has 3 fully saturated rings. The van der Waals surface area contributed by atoms with Gasteiger partial charge in [-0.3, -0.25) is 9.59 Å². The molecule has 146 valence electrons. The SMILES string of the molecule is CCOc1cccc(C(=O)NC[C@H]2[C@H]3CN(C(=O)CC)C[C@]34CC[C@H]2O4)c1. The summed E-state index contributed by atoms with van der Waals surface area (Å²) >= 11 is 0. The standard InChI is InChI=1S/C21H28N2O4/c1-3-19(24)23-12-17-16(18-8-9-21(17,13-23)27-18)11-22-20(25)14-6-5-7-15(10-14)26-4-2/h5-7,10,16-18H,3-4,8-9,11-13H2,1-2H3,(H,22,25)/t16-,17+,18+,21+/m0/s1. The normalized spacial score (nSPS) is 31.0. The van der Waals surface area contributed by atoms with E-state index in [9.17, 15) is 9.59 Å². The van der Waals surface area contributed by atoms with Crippen LogP contribution in [0, 0.1) is 11.8 Å². The third-order valence-corrected chi connectivity index (χ3v) is 6.34. The lowest BCUT2D eigenvalue weighted by molar-refractivity contribution is -0.131. The van der Waals surface area contributed by atoms with Crippen molar-refractivity contribution in [2.24, 2.45) is 11.8 Å². The van der Waals surface area contributed by atoms with Gasteiger partial charge in [0, 0.05) is 36.9 Å². The number of nitrogens with one attached hydrogen (secondary N) is 1. The van der Waals surface area contributed by atoms with Crippen LogP contribution in [0.2, 0.25) is 0 Å². The summed E-state index contributed by atoms with van der Waals surface area (Å²) in [6.07, 6.45) is 2.77. The first-order valence-corrected chi connectivity index (χ1v) is 10.0. The molecule has 0 saturated carbocycles. The fraction of sp³-hybridized carbons (Fsp3) is 0.619. The Kier molecular flexibility index (Phi) is 4.84. The fourth-order valence-corrected chi connectivity index (χ4v) is 5.08. The Morgan fingerprint density at radius 2 is 2.22 bits per heavy atom. The van der Waals surface area contributed by atoms with Gasteiger partial charge in [0.25, 0.3) is 5.91 Å². The Morgan fingerprint density at radius 3 is 3.00 bits per heavy atom. The maximum absolute atomic E-state index is 12.6. The number of ether oxygens (including phenoxy) is 2. The van der Waals surface area contributed by atoms with Crippen molar-refractivity contribution in [3.63, 3.8) is 0 Å². The van der Waals surface area contributed by atoms with E-state index in [0.717, 1.165) is 19.4 Å². The highest BCUT2D eigenvalue weighted by molar-refractivity contribution is 5.94. The number of carbonyl (C=O) groups excluding carboxylic acids is 2.